The van der Waals surface area contributed by atoms with Crippen molar-refractivity contribution in [2.45, 2.75) is 6.04 Å². The molecule has 0 aliphatic rings. The standard InChI is InChI=1S/C14H12ClF3N2O/c1-21-11-6-7(15)2-3-8(11)14(20-19)9-4-5-10(16)13(18)12(9)17/h2-6,14,20H,19H2,1H3. The molecule has 0 aliphatic carbocycles. The van der Waals surface area contributed by atoms with E-state index in [4.69, 9.17) is 22.2 Å². The predicted molar refractivity (Wildman–Crippen MR) is 73.5 cm³/mol. The van der Waals surface area contributed by atoms with Crippen LogP contribution in [0.25, 0.3) is 0 Å². The van der Waals surface area contributed by atoms with Crippen LogP contribution in [-0.2, 0) is 0 Å². The number of nitrogens with one attached hydrogen (secondary N) is 1. The second-order valence-corrected chi connectivity index (χ2v) is 4.69. The lowest BCUT2D eigenvalue weighted by Crippen LogP contribution is -2.30. The van der Waals surface area contributed by atoms with E-state index >= 15 is 0 Å². The highest BCUT2D eigenvalue weighted by molar-refractivity contribution is 6.30. The Morgan fingerprint density at radius 2 is 1.76 bits per heavy atom. The van der Waals surface area contributed by atoms with Gasteiger partial charge in [0.1, 0.15) is 5.75 Å². The van der Waals surface area contributed by atoms with Gasteiger partial charge >= 0.3 is 0 Å². The SMILES string of the molecule is COc1cc(Cl)ccc1C(NN)c1ccc(F)c(F)c1F. The monoisotopic (exact) mass is 316 g/mol. The number of rotatable bonds is 4. The zero-order valence-corrected chi connectivity index (χ0v) is 11.7. The molecule has 3 nitrogen and oxygen atoms in total. The van der Waals surface area contributed by atoms with Crippen molar-refractivity contribution in [2.75, 3.05) is 7.11 Å². The summed E-state index contributed by atoms with van der Waals surface area (Å²) < 4.78 is 45.5. The maximum Gasteiger partial charge on any atom is 0.194 e. The first-order chi connectivity index (χ1) is 9.99. The van der Waals surface area contributed by atoms with Gasteiger partial charge in [0, 0.05) is 16.1 Å². The van der Waals surface area contributed by atoms with Gasteiger partial charge in [0.15, 0.2) is 17.5 Å². The molecule has 0 radical (unpaired) electrons. The summed E-state index contributed by atoms with van der Waals surface area (Å²) in [7, 11) is 1.41. The van der Waals surface area contributed by atoms with Crippen LogP contribution < -0.4 is 16.0 Å². The van der Waals surface area contributed by atoms with E-state index in [1.54, 1.807) is 12.1 Å². The van der Waals surface area contributed by atoms with Crippen LogP contribution in [-0.4, -0.2) is 7.11 Å². The molecular weight excluding hydrogens is 305 g/mol. The molecule has 2 rings (SSSR count). The number of hydrogen-bond acceptors (Lipinski definition) is 3. The summed E-state index contributed by atoms with van der Waals surface area (Å²) in [5.74, 6) is 1.64. The van der Waals surface area contributed by atoms with Crippen LogP contribution in [0, 0.1) is 17.5 Å². The third-order valence-corrected chi connectivity index (χ3v) is 3.28. The predicted octanol–water partition coefficient (Wildman–Crippen LogP) is 3.32. The van der Waals surface area contributed by atoms with Gasteiger partial charge in [-0.15, -0.1) is 0 Å². The number of nitrogens with two attached hydrogens (primary N) is 1. The van der Waals surface area contributed by atoms with Crippen molar-refractivity contribution in [3.8, 4) is 5.75 Å². The van der Waals surface area contributed by atoms with Crippen molar-refractivity contribution >= 4 is 11.6 Å². The van der Waals surface area contributed by atoms with E-state index in [2.05, 4.69) is 5.43 Å². The molecule has 2 aromatic carbocycles. The maximum absolute atomic E-state index is 13.9. The fraction of sp³-hybridized carbons (Fsp3) is 0.143. The summed E-state index contributed by atoms with van der Waals surface area (Å²) in [6.07, 6.45) is 0. The molecular formula is C14H12ClF3N2O. The Balaban J connectivity index is 2.57. The average Bonchev–Trinajstić information content (AvgIpc) is 2.48. The Hall–Kier alpha value is -1.76. The number of hydrazine groups is 1. The van der Waals surface area contributed by atoms with Crippen molar-refractivity contribution in [1.29, 1.82) is 0 Å². The quantitative estimate of drug-likeness (QED) is 0.517. The highest BCUT2D eigenvalue weighted by Gasteiger charge is 2.24. The molecule has 1 atom stereocenters. The van der Waals surface area contributed by atoms with Crippen LogP contribution in [0.4, 0.5) is 13.2 Å². The van der Waals surface area contributed by atoms with Gasteiger partial charge in [0.2, 0.25) is 0 Å². The first-order valence-electron chi connectivity index (χ1n) is 5.92. The Morgan fingerprint density at radius 3 is 2.38 bits per heavy atom. The molecule has 0 aliphatic heterocycles. The van der Waals surface area contributed by atoms with Gasteiger partial charge < -0.3 is 4.74 Å². The molecule has 2 aromatic rings. The van der Waals surface area contributed by atoms with Crippen LogP contribution in [0.1, 0.15) is 17.2 Å². The number of hydrogen-bond donors (Lipinski definition) is 2. The molecule has 0 amide bonds. The summed E-state index contributed by atoms with van der Waals surface area (Å²) >= 11 is 5.85. The molecule has 0 spiro atoms. The summed E-state index contributed by atoms with van der Waals surface area (Å²) in [6.45, 7) is 0. The van der Waals surface area contributed by atoms with Gasteiger partial charge in [-0.2, -0.15) is 0 Å². The molecule has 7 heteroatoms. The van der Waals surface area contributed by atoms with Gasteiger partial charge in [0.05, 0.1) is 13.2 Å². The second kappa shape index (κ2) is 6.34. The summed E-state index contributed by atoms with van der Waals surface area (Å²) in [5.41, 5.74) is 2.66. The Kier molecular flexibility index (Phi) is 4.72. The normalized spacial score (nSPS) is 12.3. The van der Waals surface area contributed by atoms with E-state index in [1.807, 2.05) is 0 Å². The highest BCUT2D eigenvalue weighted by atomic mass is 35.5. The van der Waals surface area contributed by atoms with Crippen LogP contribution in [0.3, 0.4) is 0 Å². The zero-order valence-electron chi connectivity index (χ0n) is 11.0. The topological polar surface area (TPSA) is 47.3 Å². The Labute approximate surface area is 124 Å². The lowest BCUT2D eigenvalue weighted by atomic mass is 9.97. The van der Waals surface area contributed by atoms with Crippen LogP contribution >= 0.6 is 11.6 Å². The van der Waals surface area contributed by atoms with Crippen molar-refractivity contribution in [1.82, 2.24) is 5.43 Å². The number of ether oxygens (including phenoxy) is 1. The van der Waals surface area contributed by atoms with Crippen LogP contribution in [0.5, 0.6) is 5.75 Å². The molecule has 0 aromatic heterocycles. The van der Waals surface area contributed by atoms with Crippen LogP contribution in [0.2, 0.25) is 5.02 Å². The van der Waals surface area contributed by atoms with Crippen molar-refractivity contribution in [2.24, 2.45) is 5.84 Å². The highest BCUT2D eigenvalue weighted by Crippen LogP contribution is 2.33. The molecule has 0 saturated carbocycles. The van der Waals surface area contributed by atoms with Crippen molar-refractivity contribution in [3.63, 3.8) is 0 Å². The van der Waals surface area contributed by atoms with Gasteiger partial charge in [-0.1, -0.05) is 23.7 Å². The minimum atomic E-state index is -1.55. The smallest absolute Gasteiger partial charge is 0.194 e. The van der Waals surface area contributed by atoms with Gasteiger partial charge in [-0.05, 0) is 18.2 Å². The summed E-state index contributed by atoms with van der Waals surface area (Å²) in [4.78, 5) is 0. The number of benzene rings is 2. The molecule has 3 N–H and O–H groups in total. The summed E-state index contributed by atoms with van der Waals surface area (Å²) in [5, 5.41) is 0.414. The Morgan fingerprint density at radius 1 is 1.10 bits per heavy atom. The van der Waals surface area contributed by atoms with Gasteiger partial charge in [-0.3, -0.25) is 5.84 Å². The largest absolute Gasteiger partial charge is 0.496 e. The number of halogens is 4. The third-order valence-electron chi connectivity index (χ3n) is 3.05. The fourth-order valence-corrected chi connectivity index (χ4v) is 2.20. The average molecular weight is 317 g/mol. The Bertz CT molecular complexity index is 667. The minimum Gasteiger partial charge on any atom is -0.496 e. The molecule has 0 saturated heterocycles. The first-order valence-corrected chi connectivity index (χ1v) is 6.30. The molecule has 0 bridgehead atoms. The molecule has 0 heterocycles. The van der Waals surface area contributed by atoms with Crippen molar-refractivity contribution < 1.29 is 17.9 Å². The number of methoxy groups -OCH3 is 1. The lowest BCUT2D eigenvalue weighted by molar-refractivity contribution is 0.400. The van der Waals surface area contributed by atoms with E-state index in [9.17, 15) is 13.2 Å². The van der Waals surface area contributed by atoms with Gasteiger partial charge in [-0.25, -0.2) is 18.6 Å². The minimum absolute atomic E-state index is 0.142. The van der Waals surface area contributed by atoms with E-state index < -0.39 is 23.5 Å². The van der Waals surface area contributed by atoms with E-state index in [-0.39, 0.29) is 5.56 Å². The second-order valence-electron chi connectivity index (χ2n) is 4.25. The molecule has 1 unspecified atom stereocenters. The zero-order chi connectivity index (χ0) is 15.6. The van der Waals surface area contributed by atoms with Crippen molar-refractivity contribution in [3.05, 3.63) is 63.9 Å². The molecule has 0 fully saturated rings. The van der Waals surface area contributed by atoms with E-state index in [0.717, 1.165) is 12.1 Å². The lowest BCUT2D eigenvalue weighted by Gasteiger charge is -2.20. The van der Waals surface area contributed by atoms with E-state index in [0.29, 0.717) is 16.3 Å². The molecule has 112 valence electrons. The van der Waals surface area contributed by atoms with Crippen LogP contribution in [0.15, 0.2) is 30.3 Å². The first kappa shape index (κ1) is 15.6. The maximum atomic E-state index is 13.9. The molecule has 21 heavy (non-hydrogen) atoms. The van der Waals surface area contributed by atoms with E-state index in [1.165, 1.54) is 13.2 Å². The fourth-order valence-electron chi connectivity index (χ4n) is 2.03. The van der Waals surface area contributed by atoms with Gasteiger partial charge in [0.25, 0.3) is 0 Å². The third kappa shape index (κ3) is 2.97. The summed E-state index contributed by atoms with van der Waals surface area (Å²) in [6, 6.07) is 5.66.